The number of carbonyl (C=O) groups is 1. The van der Waals surface area contributed by atoms with Crippen LogP contribution in [0.15, 0.2) is 22.8 Å². The van der Waals surface area contributed by atoms with E-state index in [1.54, 1.807) is 22.5 Å². The molecule has 1 unspecified atom stereocenters. The van der Waals surface area contributed by atoms with Crippen LogP contribution < -0.4 is 15.5 Å². The highest BCUT2D eigenvalue weighted by Crippen LogP contribution is 2.38. The fraction of sp³-hybridized carbons (Fsp3) is 0.400. The second-order valence-corrected chi connectivity index (χ2v) is 6.66. The van der Waals surface area contributed by atoms with Gasteiger partial charge in [-0.25, -0.2) is 0 Å². The number of likely N-dealkylation sites (N-methyl/N-ethyl adjacent to an activating group) is 1. The number of thiophene rings is 1. The largest absolute Gasteiger partial charge is 0.465 e. The Bertz CT molecular complexity index is 677. The molecule has 0 fully saturated rings. The Hall–Kier alpha value is -1.79. The predicted molar refractivity (Wildman–Crippen MR) is 80.6 cm³/mol. The highest BCUT2D eigenvalue weighted by molar-refractivity contribution is 7.16. The lowest BCUT2D eigenvalue weighted by Gasteiger charge is -2.25. The first-order chi connectivity index (χ1) is 10.3. The highest BCUT2D eigenvalue weighted by Gasteiger charge is 2.34. The van der Waals surface area contributed by atoms with Crippen LogP contribution in [-0.4, -0.2) is 19.0 Å². The molecule has 21 heavy (non-hydrogen) atoms. The van der Waals surface area contributed by atoms with Gasteiger partial charge in [0.1, 0.15) is 17.3 Å². The van der Waals surface area contributed by atoms with E-state index in [4.69, 9.17) is 4.42 Å². The summed E-state index contributed by atoms with van der Waals surface area (Å²) in [6.45, 7) is 5.49. The lowest BCUT2D eigenvalue weighted by molar-refractivity contribution is -0.913. The van der Waals surface area contributed by atoms with Gasteiger partial charge in [-0.3, -0.25) is 4.79 Å². The number of rotatable bonds is 2. The number of furan rings is 1. The van der Waals surface area contributed by atoms with Gasteiger partial charge in [0.15, 0.2) is 6.17 Å². The molecule has 3 N–H and O–H groups in total. The molecule has 0 saturated carbocycles. The van der Waals surface area contributed by atoms with Crippen LogP contribution in [0.2, 0.25) is 0 Å². The van der Waals surface area contributed by atoms with Gasteiger partial charge in [-0.05, 0) is 24.6 Å². The molecule has 2 aromatic heterocycles. The summed E-state index contributed by atoms with van der Waals surface area (Å²) in [7, 11) is 0. The van der Waals surface area contributed by atoms with Gasteiger partial charge < -0.3 is 20.0 Å². The van der Waals surface area contributed by atoms with Gasteiger partial charge in [0, 0.05) is 6.42 Å². The van der Waals surface area contributed by atoms with E-state index in [0.717, 1.165) is 42.4 Å². The molecule has 4 rings (SSSR count). The molecule has 1 amide bonds. The lowest BCUT2D eigenvalue weighted by atomic mass is 10.0. The zero-order chi connectivity index (χ0) is 14.4. The Morgan fingerprint density at radius 3 is 3.14 bits per heavy atom. The van der Waals surface area contributed by atoms with Crippen LogP contribution in [0.1, 0.15) is 39.6 Å². The molecule has 2 atom stereocenters. The summed E-state index contributed by atoms with van der Waals surface area (Å²) >= 11 is 1.73. The SMILES string of the molecule is CC[NH+]1CCc2c(sc3c2C(=O)N[C@H](c2ccco2)N3)C1. The summed E-state index contributed by atoms with van der Waals surface area (Å²) in [5, 5.41) is 7.38. The van der Waals surface area contributed by atoms with Crippen LogP contribution in [0.3, 0.4) is 0 Å². The number of anilines is 1. The number of hydrogen-bond acceptors (Lipinski definition) is 4. The first-order valence-corrected chi connectivity index (χ1v) is 8.16. The number of amides is 1. The fourth-order valence-electron chi connectivity index (χ4n) is 3.15. The number of fused-ring (bicyclic) bond motifs is 3. The number of nitrogens with one attached hydrogen (secondary N) is 3. The molecule has 2 aliphatic heterocycles. The van der Waals surface area contributed by atoms with Crippen LogP contribution in [0, 0.1) is 0 Å². The minimum atomic E-state index is -0.269. The molecule has 110 valence electrons. The van der Waals surface area contributed by atoms with E-state index in [1.807, 2.05) is 12.1 Å². The van der Waals surface area contributed by atoms with Crippen molar-refractivity contribution in [2.75, 3.05) is 18.4 Å². The van der Waals surface area contributed by atoms with Gasteiger partial charge in [-0.1, -0.05) is 0 Å². The summed E-state index contributed by atoms with van der Waals surface area (Å²) in [6.07, 6.45) is 2.35. The summed E-state index contributed by atoms with van der Waals surface area (Å²) in [5.41, 5.74) is 2.10. The molecule has 2 aromatic rings. The van der Waals surface area contributed by atoms with E-state index in [-0.39, 0.29) is 12.1 Å². The maximum atomic E-state index is 12.5. The summed E-state index contributed by atoms with van der Waals surface area (Å²) in [5.74, 6) is 0.754. The zero-order valence-corrected chi connectivity index (χ0v) is 12.7. The van der Waals surface area contributed by atoms with Crippen molar-refractivity contribution in [3.63, 3.8) is 0 Å². The third-order valence-electron chi connectivity index (χ3n) is 4.34. The molecule has 0 bridgehead atoms. The minimum Gasteiger partial charge on any atom is -0.465 e. The lowest BCUT2D eigenvalue weighted by Crippen LogP contribution is -3.11. The van der Waals surface area contributed by atoms with Crippen molar-refractivity contribution in [1.82, 2.24) is 5.32 Å². The molecule has 0 aliphatic carbocycles. The Morgan fingerprint density at radius 2 is 2.38 bits per heavy atom. The summed E-state index contributed by atoms with van der Waals surface area (Å²) in [4.78, 5) is 15.4. The van der Waals surface area contributed by atoms with Gasteiger partial charge in [-0.2, -0.15) is 0 Å². The smallest absolute Gasteiger partial charge is 0.256 e. The second kappa shape index (κ2) is 4.89. The van der Waals surface area contributed by atoms with Crippen LogP contribution >= 0.6 is 11.3 Å². The molecule has 2 aliphatic rings. The number of hydrogen-bond donors (Lipinski definition) is 3. The normalized spacial score (nSPS) is 24.0. The molecule has 0 radical (unpaired) electrons. The van der Waals surface area contributed by atoms with Gasteiger partial charge in [0.25, 0.3) is 5.91 Å². The van der Waals surface area contributed by atoms with Gasteiger partial charge in [0.05, 0.1) is 29.8 Å². The third kappa shape index (κ3) is 2.06. The van der Waals surface area contributed by atoms with Crippen LogP contribution in [0.5, 0.6) is 0 Å². The molecule has 0 aromatic carbocycles. The van der Waals surface area contributed by atoms with E-state index in [2.05, 4.69) is 17.6 Å². The summed E-state index contributed by atoms with van der Waals surface area (Å²) < 4.78 is 5.40. The van der Waals surface area contributed by atoms with E-state index in [1.165, 1.54) is 10.4 Å². The topological polar surface area (TPSA) is 58.7 Å². The Labute approximate surface area is 126 Å². The predicted octanol–water partition coefficient (Wildman–Crippen LogP) is 1.16. The van der Waals surface area contributed by atoms with Crippen molar-refractivity contribution < 1.29 is 14.1 Å². The first kappa shape index (κ1) is 12.9. The quantitative estimate of drug-likeness (QED) is 0.780. The molecule has 0 spiro atoms. The van der Waals surface area contributed by atoms with Crippen molar-refractivity contribution in [1.29, 1.82) is 0 Å². The average Bonchev–Trinajstić information content (AvgIpc) is 3.13. The minimum absolute atomic E-state index is 0.0163. The van der Waals surface area contributed by atoms with Gasteiger partial charge in [-0.15, -0.1) is 11.3 Å². The van der Waals surface area contributed by atoms with E-state index in [0.29, 0.717) is 0 Å². The number of carbonyl (C=O) groups excluding carboxylic acids is 1. The standard InChI is InChI=1S/C15H17N3O2S/c1-2-18-6-5-9-11(8-18)21-15-12(9)14(19)16-13(17-15)10-4-3-7-20-10/h3-4,7,13,17H,2,5-6,8H2,1H3,(H,16,19)/p+1/t13-/m0/s1. The second-order valence-electron chi connectivity index (χ2n) is 5.55. The van der Waals surface area contributed by atoms with E-state index in [9.17, 15) is 4.79 Å². The van der Waals surface area contributed by atoms with E-state index >= 15 is 0 Å². The third-order valence-corrected chi connectivity index (χ3v) is 5.50. The molecular weight excluding hydrogens is 286 g/mol. The van der Waals surface area contributed by atoms with Gasteiger partial charge >= 0.3 is 0 Å². The highest BCUT2D eigenvalue weighted by atomic mass is 32.1. The van der Waals surface area contributed by atoms with Gasteiger partial charge in [0.2, 0.25) is 0 Å². The molecule has 5 nitrogen and oxygen atoms in total. The first-order valence-electron chi connectivity index (χ1n) is 7.35. The van der Waals surface area contributed by atoms with Crippen molar-refractivity contribution in [3.05, 3.63) is 40.2 Å². The van der Waals surface area contributed by atoms with Crippen molar-refractivity contribution in [2.24, 2.45) is 0 Å². The molecule has 6 heteroatoms. The average molecular weight is 304 g/mol. The van der Waals surface area contributed by atoms with Crippen LogP contribution in [-0.2, 0) is 13.0 Å². The Balaban J connectivity index is 1.69. The number of quaternary nitrogens is 1. The maximum Gasteiger partial charge on any atom is 0.256 e. The Kier molecular flexibility index (Phi) is 3.01. The van der Waals surface area contributed by atoms with Crippen LogP contribution in [0.25, 0.3) is 0 Å². The van der Waals surface area contributed by atoms with Crippen LogP contribution in [0.4, 0.5) is 5.00 Å². The van der Waals surface area contributed by atoms with Crippen molar-refractivity contribution >= 4 is 22.2 Å². The van der Waals surface area contributed by atoms with E-state index < -0.39 is 0 Å². The summed E-state index contributed by atoms with van der Waals surface area (Å²) in [6, 6.07) is 3.71. The molecule has 4 heterocycles. The Morgan fingerprint density at radius 1 is 1.48 bits per heavy atom. The monoisotopic (exact) mass is 304 g/mol. The zero-order valence-electron chi connectivity index (χ0n) is 11.9. The fourth-order valence-corrected chi connectivity index (χ4v) is 4.49. The maximum absolute atomic E-state index is 12.5. The molecule has 0 saturated heterocycles. The van der Waals surface area contributed by atoms with Crippen molar-refractivity contribution in [2.45, 2.75) is 26.1 Å². The van der Waals surface area contributed by atoms with Crippen molar-refractivity contribution in [3.8, 4) is 0 Å². The molecular formula is C15H18N3O2S+.